The van der Waals surface area contributed by atoms with Crippen LogP contribution in [0.2, 0.25) is 0 Å². The van der Waals surface area contributed by atoms with E-state index in [2.05, 4.69) is 52.8 Å². The van der Waals surface area contributed by atoms with Gasteiger partial charge in [0.1, 0.15) is 6.10 Å². The number of likely N-dealkylation sites (tertiary alicyclic amines) is 1. The lowest BCUT2D eigenvalue weighted by Crippen LogP contribution is -2.40. The fourth-order valence-corrected chi connectivity index (χ4v) is 4.30. The van der Waals surface area contributed by atoms with Crippen molar-refractivity contribution in [3.63, 3.8) is 0 Å². The van der Waals surface area contributed by atoms with E-state index in [-0.39, 0.29) is 36.0 Å². The van der Waals surface area contributed by atoms with Gasteiger partial charge in [0.05, 0.1) is 6.54 Å². The summed E-state index contributed by atoms with van der Waals surface area (Å²) in [6.07, 6.45) is 2.55. The van der Waals surface area contributed by atoms with Crippen molar-refractivity contribution in [3.05, 3.63) is 65.7 Å². The molecule has 4 rings (SSSR count). The first-order valence-electron chi connectivity index (χ1n) is 11.3. The van der Waals surface area contributed by atoms with Crippen molar-refractivity contribution in [1.29, 1.82) is 0 Å². The number of rotatable bonds is 6. The highest BCUT2D eigenvalue weighted by Crippen LogP contribution is 2.27. The van der Waals surface area contributed by atoms with Gasteiger partial charge in [-0.1, -0.05) is 42.5 Å². The number of aliphatic imine (C=N–C) groups is 1. The molecule has 0 radical (unpaired) electrons. The number of nitrogens with zero attached hydrogens (tertiary/aromatic N) is 2. The molecule has 6 nitrogen and oxygen atoms in total. The molecule has 2 saturated heterocycles. The summed E-state index contributed by atoms with van der Waals surface area (Å²) in [6, 6.07) is 18.6. The fourth-order valence-electron chi connectivity index (χ4n) is 4.30. The number of nitrogens with one attached hydrogen (secondary N) is 2. The topological polar surface area (TPSA) is 66.0 Å². The SMILES string of the molecule is CCNC(=NCc1cccc(NC(=O)C2CCCO2)c1)N1CCC(c2ccccc2)C1.I. The molecule has 0 aromatic heterocycles. The van der Waals surface area contributed by atoms with Gasteiger partial charge in [-0.2, -0.15) is 0 Å². The zero-order valence-electron chi connectivity index (χ0n) is 18.6. The number of carbonyl (C=O) groups is 1. The van der Waals surface area contributed by atoms with Gasteiger partial charge in [0.2, 0.25) is 0 Å². The summed E-state index contributed by atoms with van der Waals surface area (Å²) >= 11 is 0. The molecule has 2 unspecified atom stereocenters. The second-order valence-corrected chi connectivity index (χ2v) is 8.20. The summed E-state index contributed by atoms with van der Waals surface area (Å²) in [5, 5.41) is 6.42. The number of guanidine groups is 1. The highest BCUT2D eigenvalue weighted by atomic mass is 127. The number of benzene rings is 2. The lowest BCUT2D eigenvalue weighted by Gasteiger charge is -2.22. The average molecular weight is 548 g/mol. The third-order valence-electron chi connectivity index (χ3n) is 5.92. The first-order valence-corrected chi connectivity index (χ1v) is 11.3. The smallest absolute Gasteiger partial charge is 0.253 e. The van der Waals surface area contributed by atoms with E-state index in [9.17, 15) is 4.79 Å². The molecule has 2 aliphatic rings. The van der Waals surface area contributed by atoms with E-state index in [1.807, 2.05) is 24.3 Å². The standard InChI is InChI=1S/C25H32N4O2.HI/c1-2-26-25(29-14-13-21(18-29)20-9-4-3-5-10-20)27-17-19-8-6-11-22(16-19)28-24(30)23-12-7-15-31-23;/h3-6,8-11,16,21,23H,2,7,12-15,17-18H2,1H3,(H,26,27)(H,28,30);1H. The molecular weight excluding hydrogens is 515 g/mol. The Morgan fingerprint density at radius 2 is 2.00 bits per heavy atom. The van der Waals surface area contributed by atoms with E-state index in [1.165, 1.54) is 5.56 Å². The molecule has 1 amide bonds. The Labute approximate surface area is 207 Å². The summed E-state index contributed by atoms with van der Waals surface area (Å²) in [5.74, 6) is 1.44. The maximum Gasteiger partial charge on any atom is 0.253 e. The van der Waals surface area contributed by atoms with Gasteiger partial charge in [-0.05, 0) is 49.4 Å². The van der Waals surface area contributed by atoms with Crippen molar-refractivity contribution < 1.29 is 9.53 Å². The van der Waals surface area contributed by atoms with Gasteiger partial charge in [0.15, 0.2) is 5.96 Å². The first-order chi connectivity index (χ1) is 15.2. The lowest BCUT2D eigenvalue weighted by atomic mass is 9.99. The van der Waals surface area contributed by atoms with Crippen LogP contribution in [0.3, 0.4) is 0 Å². The maximum atomic E-state index is 12.3. The molecule has 2 aromatic rings. The molecule has 7 heteroatoms. The predicted molar refractivity (Wildman–Crippen MR) is 140 cm³/mol. The van der Waals surface area contributed by atoms with E-state index in [1.54, 1.807) is 0 Å². The Morgan fingerprint density at radius 3 is 2.75 bits per heavy atom. The second-order valence-electron chi connectivity index (χ2n) is 8.20. The summed E-state index contributed by atoms with van der Waals surface area (Å²) in [5.41, 5.74) is 3.26. The van der Waals surface area contributed by atoms with Crippen molar-refractivity contribution in [2.75, 3.05) is 31.6 Å². The molecule has 2 aromatic carbocycles. The van der Waals surface area contributed by atoms with E-state index in [4.69, 9.17) is 9.73 Å². The minimum atomic E-state index is -0.324. The molecule has 2 atom stereocenters. The van der Waals surface area contributed by atoms with Crippen LogP contribution in [-0.2, 0) is 16.1 Å². The van der Waals surface area contributed by atoms with Gasteiger partial charge >= 0.3 is 0 Å². The minimum Gasteiger partial charge on any atom is -0.368 e. The summed E-state index contributed by atoms with van der Waals surface area (Å²) in [7, 11) is 0. The molecule has 2 N–H and O–H groups in total. The van der Waals surface area contributed by atoms with Gasteiger partial charge in [-0.25, -0.2) is 4.99 Å². The molecule has 2 aliphatic heterocycles. The Kier molecular flexibility index (Phi) is 9.35. The fraction of sp³-hybridized carbons (Fsp3) is 0.440. The Morgan fingerprint density at radius 1 is 1.16 bits per heavy atom. The van der Waals surface area contributed by atoms with Gasteiger partial charge in [-0.3, -0.25) is 4.79 Å². The zero-order valence-corrected chi connectivity index (χ0v) is 21.0. The minimum absolute atomic E-state index is 0. The molecule has 172 valence electrons. The number of amides is 1. The third kappa shape index (κ3) is 6.45. The van der Waals surface area contributed by atoms with Crippen LogP contribution in [0.4, 0.5) is 5.69 Å². The Balaban J connectivity index is 0.00000289. The van der Waals surface area contributed by atoms with Gasteiger partial charge in [0.25, 0.3) is 5.91 Å². The largest absolute Gasteiger partial charge is 0.368 e. The van der Waals surface area contributed by atoms with Gasteiger partial charge in [-0.15, -0.1) is 24.0 Å². The van der Waals surface area contributed by atoms with Gasteiger partial charge < -0.3 is 20.3 Å². The quantitative estimate of drug-likeness (QED) is 0.320. The number of halogens is 1. The molecule has 0 bridgehead atoms. The molecule has 0 aliphatic carbocycles. The molecule has 2 fully saturated rings. The predicted octanol–water partition coefficient (Wildman–Crippen LogP) is 4.38. The number of ether oxygens (including phenoxy) is 1. The Hall–Kier alpha value is -2.13. The lowest BCUT2D eigenvalue weighted by molar-refractivity contribution is -0.124. The summed E-state index contributed by atoms with van der Waals surface area (Å²) < 4.78 is 5.47. The zero-order chi connectivity index (χ0) is 21.5. The van der Waals surface area contributed by atoms with Crippen LogP contribution in [0, 0.1) is 0 Å². The first kappa shape index (κ1) is 24.5. The molecule has 0 spiro atoms. The highest BCUT2D eigenvalue weighted by Gasteiger charge is 2.26. The van der Waals surface area contributed by atoms with Crippen LogP contribution in [0.15, 0.2) is 59.6 Å². The van der Waals surface area contributed by atoms with Crippen molar-refractivity contribution in [1.82, 2.24) is 10.2 Å². The monoisotopic (exact) mass is 548 g/mol. The summed E-state index contributed by atoms with van der Waals surface area (Å²) in [4.78, 5) is 19.6. The molecule has 2 heterocycles. The Bertz CT molecular complexity index is 900. The van der Waals surface area contributed by atoms with E-state index in [0.29, 0.717) is 19.1 Å². The molecule has 32 heavy (non-hydrogen) atoms. The summed E-state index contributed by atoms with van der Waals surface area (Å²) in [6.45, 7) is 6.15. The molecule has 0 saturated carbocycles. The average Bonchev–Trinajstić information content (AvgIpc) is 3.50. The second kappa shape index (κ2) is 12.2. The highest BCUT2D eigenvalue weighted by molar-refractivity contribution is 14.0. The van der Waals surface area contributed by atoms with Crippen LogP contribution in [-0.4, -0.2) is 49.1 Å². The number of hydrogen-bond acceptors (Lipinski definition) is 3. The third-order valence-corrected chi connectivity index (χ3v) is 5.92. The van der Waals surface area contributed by atoms with E-state index < -0.39 is 0 Å². The normalized spacial score (nSPS) is 20.7. The van der Waals surface area contributed by atoms with Crippen molar-refractivity contribution in [2.24, 2.45) is 4.99 Å². The maximum absolute atomic E-state index is 12.3. The van der Waals surface area contributed by atoms with Crippen molar-refractivity contribution in [2.45, 2.75) is 44.8 Å². The number of hydrogen-bond donors (Lipinski definition) is 2. The van der Waals surface area contributed by atoms with Crippen LogP contribution in [0.5, 0.6) is 0 Å². The van der Waals surface area contributed by atoms with Crippen LogP contribution < -0.4 is 10.6 Å². The van der Waals surface area contributed by atoms with Crippen LogP contribution in [0.1, 0.15) is 43.2 Å². The molecular formula is C25H33IN4O2. The van der Waals surface area contributed by atoms with Crippen molar-refractivity contribution >= 4 is 41.5 Å². The van der Waals surface area contributed by atoms with Crippen LogP contribution >= 0.6 is 24.0 Å². The number of anilines is 1. The van der Waals surface area contributed by atoms with E-state index in [0.717, 1.165) is 56.1 Å². The van der Waals surface area contributed by atoms with E-state index >= 15 is 0 Å². The number of carbonyl (C=O) groups excluding carboxylic acids is 1. The van der Waals surface area contributed by atoms with Crippen molar-refractivity contribution in [3.8, 4) is 0 Å². The van der Waals surface area contributed by atoms with Crippen LogP contribution in [0.25, 0.3) is 0 Å². The van der Waals surface area contributed by atoms with Gasteiger partial charge in [0, 0.05) is 37.8 Å².